The van der Waals surface area contributed by atoms with Gasteiger partial charge in [0, 0.05) is 50.2 Å². The van der Waals surface area contributed by atoms with Gasteiger partial charge in [0.15, 0.2) is 0 Å². The molecule has 8 heteroatoms. The lowest BCUT2D eigenvalue weighted by molar-refractivity contribution is 0.579. The number of hydrogen-bond acceptors (Lipinski definition) is 7. The Bertz CT molecular complexity index is 1180. The summed E-state index contributed by atoms with van der Waals surface area (Å²) in [5, 5.41) is 8.96. The zero-order valence-corrected chi connectivity index (χ0v) is 15.9. The molecule has 0 bridgehead atoms. The van der Waals surface area contributed by atoms with E-state index in [2.05, 4.69) is 32.3 Å². The molecule has 5 rings (SSSR count). The van der Waals surface area contributed by atoms with Crippen molar-refractivity contribution in [3.8, 4) is 21.7 Å². The SMILES string of the molecule is O=c1cc(N2CCNCC2)n2nc(-c3cccc(-c4ccncc4)c3)sc2n1. The van der Waals surface area contributed by atoms with E-state index < -0.39 is 0 Å². The van der Waals surface area contributed by atoms with Gasteiger partial charge < -0.3 is 10.2 Å². The summed E-state index contributed by atoms with van der Waals surface area (Å²) < 4.78 is 1.80. The van der Waals surface area contributed by atoms with E-state index in [1.165, 1.54) is 11.3 Å². The van der Waals surface area contributed by atoms with Gasteiger partial charge in [0.05, 0.1) is 0 Å². The minimum absolute atomic E-state index is 0.228. The van der Waals surface area contributed by atoms with Crippen molar-refractivity contribution in [1.29, 1.82) is 0 Å². The van der Waals surface area contributed by atoms with E-state index in [1.807, 2.05) is 24.3 Å². The fourth-order valence-corrected chi connectivity index (χ4v) is 4.31. The Morgan fingerprint density at radius 1 is 0.964 bits per heavy atom. The normalized spacial score (nSPS) is 14.5. The third-order valence-corrected chi connectivity index (χ3v) is 5.76. The van der Waals surface area contributed by atoms with Gasteiger partial charge in [0.1, 0.15) is 10.8 Å². The van der Waals surface area contributed by atoms with Crippen LogP contribution >= 0.6 is 11.3 Å². The molecule has 1 N–H and O–H groups in total. The van der Waals surface area contributed by atoms with Crippen molar-refractivity contribution in [2.75, 3.05) is 31.1 Å². The molecule has 4 aromatic rings. The van der Waals surface area contributed by atoms with Gasteiger partial charge in [-0.05, 0) is 29.3 Å². The van der Waals surface area contributed by atoms with Crippen molar-refractivity contribution in [2.24, 2.45) is 0 Å². The zero-order chi connectivity index (χ0) is 18.9. The zero-order valence-electron chi connectivity index (χ0n) is 15.1. The first-order valence-electron chi connectivity index (χ1n) is 9.15. The molecule has 0 saturated carbocycles. The molecule has 0 amide bonds. The quantitative estimate of drug-likeness (QED) is 0.579. The van der Waals surface area contributed by atoms with Crippen LogP contribution in [0.1, 0.15) is 0 Å². The number of nitrogens with one attached hydrogen (secondary N) is 1. The highest BCUT2D eigenvalue weighted by Gasteiger charge is 2.18. The van der Waals surface area contributed by atoms with Crippen molar-refractivity contribution in [3.63, 3.8) is 0 Å². The van der Waals surface area contributed by atoms with Crippen LogP contribution in [0.3, 0.4) is 0 Å². The van der Waals surface area contributed by atoms with E-state index in [0.717, 1.165) is 53.7 Å². The molecule has 0 radical (unpaired) electrons. The second-order valence-corrected chi connectivity index (χ2v) is 7.56. The average Bonchev–Trinajstić information content (AvgIpc) is 3.18. The number of aromatic nitrogens is 4. The topological polar surface area (TPSA) is 75.4 Å². The molecule has 7 nitrogen and oxygen atoms in total. The lowest BCUT2D eigenvalue weighted by Gasteiger charge is -2.28. The third-order valence-electron chi connectivity index (χ3n) is 4.80. The van der Waals surface area contributed by atoms with Crippen LogP contribution in [0.4, 0.5) is 5.82 Å². The molecule has 28 heavy (non-hydrogen) atoms. The Morgan fingerprint density at radius 2 is 1.75 bits per heavy atom. The fraction of sp³-hybridized carbons (Fsp3) is 0.200. The van der Waals surface area contributed by atoms with Crippen LogP contribution in [0, 0.1) is 0 Å². The maximum Gasteiger partial charge on any atom is 0.276 e. The molecule has 1 aliphatic rings. The predicted octanol–water partition coefficient (Wildman–Crippen LogP) is 2.29. The highest BCUT2D eigenvalue weighted by Crippen LogP contribution is 2.30. The van der Waals surface area contributed by atoms with Gasteiger partial charge >= 0.3 is 0 Å². The number of anilines is 1. The van der Waals surface area contributed by atoms with Crippen LogP contribution in [-0.2, 0) is 0 Å². The summed E-state index contributed by atoms with van der Waals surface area (Å²) in [4.78, 5) is 23.2. The largest absolute Gasteiger partial charge is 0.354 e. The van der Waals surface area contributed by atoms with Gasteiger partial charge in [-0.2, -0.15) is 14.6 Å². The molecule has 140 valence electrons. The minimum atomic E-state index is -0.228. The Balaban J connectivity index is 1.60. The Hall–Kier alpha value is -3.10. The average molecular weight is 390 g/mol. The molecule has 0 spiro atoms. The van der Waals surface area contributed by atoms with Crippen LogP contribution in [-0.4, -0.2) is 45.8 Å². The van der Waals surface area contributed by atoms with E-state index in [1.54, 1.807) is 23.0 Å². The maximum absolute atomic E-state index is 12.1. The molecule has 0 aliphatic carbocycles. The van der Waals surface area contributed by atoms with Crippen LogP contribution in [0.2, 0.25) is 0 Å². The summed E-state index contributed by atoms with van der Waals surface area (Å²) in [6.45, 7) is 3.47. The van der Waals surface area contributed by atoms with Gasteiger partial charge in [-0.1, -0.05) is 29.5 Å². The smallest absolute Gasteiger partial charge is 0.276 e. The molecule has 1 fully saturated rings. The number of piperazine rings is 1. The van der Waals surface area contributed by atoms with Crippen molar-refractivity contribution >= 4 is 22.1 Å². The molecule has 1 aromatic carbocycles. The molecule has 0 atom stereocenters. The number of pyridine rings is 1. The van der Waals surface area contributed by atoms with Crippen LogP contribution in [0.5, 0.6) is 0 Å². The summed E-state index contributed by atoms with van der Waals surface area (Å²) in [7, 11) is 0. The first-order chi connectivity index (χ1) is 13.8. The number of benzene rings is 1. The second-order valence-electron chi connectivity index (χ2n) is 6.61. The van der Waals surface area contributed by atoms with Crippen molar-refractivity contribution in [1.82, 2.24) is 24.9 Å². The van der Waals surface area contributed by atoms with Gasteiger partial charge in [-0.25, -0.2) is 0 Å². The molecule has 1 saturated heterocycles. The van der Waals surface area contributed by atoms with Gasteiger partial charge in [-0.15, -0.1) is 0 Å². The molecule has 3 aromatic heterocycles. The number of fused-ring (bicyclic) bond motifs is 1. The van der Waals surface area contributed by atoms with Gasteiger partial charge in [0.2, 0.25) is 4.96 Å². The number of nitrogens with zero attached hydrogens (tertiary/aromatic N) is 5. The molecular formula is C20H18N6OS. The Labute approximate surface area is 165 Å². The number of rotatable bonds is 3. The van der Waals surface area contributed by atoms with E-state index in [9.17, 15) is 4.79 Å². The second kappa shape index (κ2) is 7.14. The first-order valence-corrected chi connectivity index (χ1v) is 9.97. The van der Waals surface area contributed by atoms with Crippen LogP contribution in [0.15, 0.2) is 59.7 Å². The monoisotopic (exact) mass is 390 g/mol. The lowest BCUT2D eigenvalue weighted by Crippen LogP contribution is -2.44. The van der Waals surface area contributed by atoms with Gasteiger partial charge in [0.25, 0.3) is 5.56 Å². The van der Waals surface area contributed by atoms with Crippen molar-refractivity contribution in [3.05, 3.63) is 65.2 Å². The highest BCUT2D eigenvalue weighted by atomic mass is 32.1. The number of hydrogen-bond donors (Lipinski definition) is 1. The van der Waals surface area contributed by atoms with E-state index in [4.69, 9.17) is 5.10 Å². The van der Waals surface area contributed by atoms with Crippen molar-refractivity contribution < 1.29 is 0 Å². The highest BCUT2D eigenvalue weighted by molar-refractivity contribution is 7.19. The summed E-state index contributed by atoms with van der Waals surface area (Å²) >= 11 is 1.43. The van der Waals surface area contributed by atoms with Crippen LogP contribution < -0.4 is 15.8 Å². The third kappa shape index (κ3) is 3.17. The standard InChI is InChI=1S/C20H18N6OS/c27-17-13-18(25-10-8-22-9-11-25)26-20(23-17)28-19(24-26)16-3-1-2-15(12-16)14-4-6-21-7-5-14/h1-7,12-13,22H,8-11H2. The summed E-state index contributed by atoms with van der Waals surface area (Å²) in [6.07, 6.45) is 3.57. The molecule has 0 unspecified atom stereocenters. The molecular weight excluding hydrogens is 372 g/mol. The molecule has 1 aliphatic heterocycles. The Morgan fingerprint density at radius 3 is 2.57 bits per heavy atom. The maximum atomic E-state index is 12.1. The van der Waals surface area contributed by atoms with Crippen LogP contribution in [0.25, 0.3) is 26.7 Å². The first kappa shape index (κ1) is 17.0. The summed E-state index contributed by atoms with van der Waals surface area (Å²) in [5.74, 6) is 0.810. The van der Waals surface area contributed by atoms with Crippen molar-refractivity contribution in [2.45, 2.75) is 0 Å². The molecule has 4 heterocycles. The van der Waals surface area contributed by atoms with E-state index in [0.29, 0.717) is 4.96 Å². The minimum Gasteiger partial charge on any atom is -0.354 e. The Kier molecular flexibility index (Phi) is 4.34. The predicted molar refractivity (Wildman–Crippen MR) is 111 cm³/mol. The van der Waals surface area contributed by atoms with E-state index >= 15 is 0 Å². The summed E-state index contributed by atoms with van der Waals surface area (Å²) in [6, 6.07) is 13.8. The van der Waals surface area contributed by atoms with E-state index in [-0.39, 0.29) is 5.56 Å². The fourth-order valence-electron chi connectivity index (χ4n) is 3.41. The lowest BCUT2D eigenvalue weighted by atomic mass is 10.0. The summed E-state index contributed by atoms with van der Waals surface area (Å²) in [5.41, 5.74) is 2.98. The van der Waals surface area contributed by atoms with Gasteiger partial charge in [-0.3, -0.25) is 9.78 Å².